The molecule has 134 valence electrons. The van der Waals surface area contributed by atoms with Crippen LogP contribution in [-0.4, -0.2) is 16.7 Å². The Hall–Kier alpha value is -1.90. The van der Waals surface area contributed by atoms with Gasteiger partial charge in [-0.15, -0.1) is 0 Å². The first kappa shape index (κ1) is 17.9. The smallest absolute Gasteiger partial charge is 0.254 e. The largest absolute Gasteiger partial charge is 0.269 e. The van der Waals surface area contributed by atoms with Crippen molar-refractivity contribution < 1.29 is 9.59 Å². The Morgan fingerprint density at radius 2 is 1.52 bits per heavy atom. The number of benzene rings is 1. The number of rotatable bonds is 4. The van der Waals surface area contributed by atoms with Crippen molar-refractivity contribution in [1.29, 1.82) is 0 Å². The molecule has 0 saturated heterocycles. The maximum atomic E-state index is 12.3. The van der Waals surface area contributed by atoms with Crippen molar-refractivity contribution in [2.75, 3.05) is 0 Å². The number of imide groups is 1. The van der Waals surface area contributed by atoms with Gasteiger partial charge < -0.3 is 0 Å². The predicted molar refractivity (Wildman–Crippen MR) is 100 cm³/mol. The van der Waals surface area contributed by atoms with Crippen LogP contribution in [0.15, 0.2) is 30.4 Å². The summed E-state index contributed by atoms with van der Waals surface area (Å²) in [5, 5.41) is 0. The molecule has 0 unspecified atom stereocenters. The first-order chi connectivity index (χ1) is 11.7. The third-order valence-corrected chi connectivity index (χ3v) is 6.35. The molecule has 1 atom stereocenters. The molecule has 2 aliphatic rings. The summed E-state index contributed by atoms with van der Waals surface area (Å²) in [5.41, 5.74) is 3.79. The predicted octanol–water partition coefficient (Wildman–Crippen LogP) is 4.73. The van der Waals surface area contributed by atoms with E-state index in [1.54, 1.807) is 0 Å². The van der Waals surface area contributed by atoms with Gasteiger partial charge in [-0.2, -0.15) is 0 Å². The molecule has 2 amide bonds. The second-order valence-corrected chi connectivity index (χ2v) is 8.45. The Balaban J connectivity index is 2.19. The quantitative estimate of drug-likeness (QED) is 0.744. The van der Waals surface area contributed by atoms with Gasteiger partial charge in [0, 0.05) is 17.6 Å². The van der Waals surface area contributed by atoms with Crippen molar-refractivity contribution in [1.82, 2.24) is 4.90 Å². The van der Waals surface area contributed by atoms with Crippen LogP contribution in [0.25, 0.3) is 0 Å². The molecule has 1 heterocycles. The highest BCUT2D eigenvalue weighted by Gasteiger charge is 2.51. The third-order valence-electron chi connectivity index (χ3n) is 6.35. The minimum absolute atomic E-state index is 0.0198. The van der Waals surface area contributed by atoms with E-state index in [9.17, 15) is 9.59 Å². The van der Waals surface area contributed by atoms with Gasteiger partial charge in [0.05, 0.1) is 6.04 Å². The molecule has 3 nitrogen and oxygen atoms in total. The van der Waals surface area contributed by atoms with Gasteiger partial charge in [-0.05, 0) is 40.9 Å². The summed E-state index contributed by atoms with van der Waals surface area (Å²) < 4.78 is 0. The third kappa shape index (κ3) is 2.56. The lowest BCUT2D eigenvalue weighted by Crippen LogP contribution is -2.39. The lowest BCUT2D eigenvalue weighted by molar-refractivity contribution is -0.140. The van der Waals surface area contributed by atoms with E-state index in [4.69, 9.17) is 0 Å². The highest BCUT2D eigenvalue weighted by Crippen LogP contribution is 2.56. The molecule has 0 N–H and O–H groups in total. The molecule has 25 heavy (non-hydrogen) atoms. The fraction of sp³-hybridized carbons (Fsp3) is 0.545. The van der Waals surface area contributed by atoms with E-state index in [0.29, 0.717) is 17.8 Å². The van der Waals surface area contributed by atoms with Crippen LogP contribution in [0.3, 0.4) is 0 Å². The molecule has 0 fully saturated rings. The first-order valence-corrected chi connectivity index (χ1v) is 9.39. The van der Waals surface area contributed by atoms with Crippen LogP contribution in [-0.2, 0) is 15.0 Å². The maximum absolute atomic E-state index is 12.3. The van der Waals surface area contributed by atoms with Gasteiger partial charge in [0.1, 0.15) is 0 Å². The molecule has 1 aliphatic carbocycles. The van der Waals surface area contributed by atoms with Gasteiger partial charge in [0.2, 0.25) is 0 Å². The van der Waals surface area contributed by atoms with E-state index in [1.165, 1.54) is 28.2 Å². The lowest BCUT2D eigenvalue weighted by atomic mass is 9.65. The minimum Gasteiger partial charge on any atom is -0.269 e. The van der Waals surface area contributed by atoms with Crippen LogP contribution in [0.1, 0.15) is 76.6 Å². The fourth-order valence-electron chi connectivity index (χ4n) is 4.88. The van der Waals surface area contributed by atoms with Gasteiger partial charge in [0.25, 0.3) is 11.8 Å². The van der Waals surface area contributed by atoms with Gasteiger partial charge in [-0.25, -0.2) is 0 Å². The Labute approximate surface area is 151 Å². The molecular formula is C22H29NO2. The van der Waals surface area contributed by atoms with Crippen molar-refractivity contribution >= 4 is 11.8 Å². The summed E-state index contributed by atoms with van der Waals surface area (Å²) in [7, 11) is 0. The molecule has 0 aromatic heterocycles. The topological polar surface area (TPSA) is 37.4 Å². The average Bonchev–Trinajstić information content (AvgIpc) is 3.05. The number of carbonyl (C=O) groups is 2. The second-order valence-electron chi connectivity index (χ2n) is 8.45. The fourth-order valence-corrected chi connectivity index (χ4v) is 4.88. The van der Waals surface area contributed by atoms with Crippen LogP contribution in [0, 0.1) is 11.8 Å². The number of nitrogens with zero attached hydrogens (tertiary/aromatic N) is 1. The van der Waals surface area contributed by atoms with Crippen LogP contribution in [0.2, 0.25) is 0 Å². The second kappa shape index (κ2) is 6.12. The number of fused-ring (bicyclic) bond motifs is 1. The summed E-state index contributed by atoms with van der Waals surface area (Å²) in [6, 6.07) is 6.49. The molecule has 1 aromatic rings. The van der Waals surface area contributed by atoms with Crippen LogP contribution in [0.5, 0.6) is 0 Å². The number of hydrogen-bond acceptors (Lipinski definition) is 2. The molecule has 0 saturated carbocycles. The summed E-state index contributed by atoms with van der Waals surface area (Å²) >= 11 is 0. The lowest BCUT2D eigenvalue weighted by Gasteiger charge is -2.40. The molecule has 0 radical (unpaired) electrons. The Morgan fingerprint density at radius 3 is 2.00 bits per heavy atom. The number of carbonyl (C=O) groups excluding carboxylic acids is 2. The summed E-state index contributed by atoms with van der Waals surface area (Å²) in [5.74, 6) is 0.950. The van der Waals surface area contributed by atoms with Gasteiger partial charge in [-0.1, -0.05) is 59.7 Å². The van der Waals surface area contributed by atoms with Crippen LogP contribution < -0.4 is 0 Å². The Bertz CT molecular complexity index is 716. The standard InChI is InChI=1S/C22H29NO2/c1-13(2)16-7-8-17-18(11-16)22(14(3)4,15(5)6)12-19(17)23-20(24)9-10-21(23)25/h7-11,13-15,19H,12H2,1-6H3/t19-/m0/s1. The zero-order chi connectivity index (χ0) is 18.5. The monoisotopic (exact) mass is 339 g/mol. The van der Waals surface area contributed by atoms with E-state index in [1.807, 2.05) is 0 Å². The molecule has 3 rings (SSSR count). The summed E-state index contributed by atoms with van der Waals surface area (Å²) in [4.78, 5) is 26.1. The highest BCUT2D eigenvalue weighted by molar-refractivity contribution is 6.13. The molecular weight excluding hydrogens is 310 g/mol. The van der Waals surface area contributed by atoms with Crippen molar-refractivity contribution in [2.45, 2.75) is 65.3 Å². The summed E-state index contributed by atoms with van der Waals surface area (Å²) in [6.07, 6.45) is 3.61. The first-order valence-electron chi connectivity index (χ1n) is 9.39. The Kier molecular flexibility index (Phi) is 4.38. The number of amides is 2. The Morgan fingerprint density at radius 1 is 0.960 bits per heavy atom. The zero-order valence-corrected chi connectivity index (χ0v) is 16.2. The SMILES string of the molecule is CC(C)c1ccc2c(c1)C(C(C)C)(C(C)C)C[C@@H]2N1C(=O)C=CC1=O. The van der Waals surface area contributed by atoms with E-state index in [-0.39, 0.29) is 23.3 Å². The van der Waals surface area contributed by atoms with Crippen molar-refractivity contribution in [3.05, 3.63) is 47.0 Å². The van der Waals surface area contributed by atoms with Crippen molar-refractivity contribution in [2.24, 2.45) is 11.8 Å². The molecule has 0 spiro atoms. The average molecular weight is 339 g/mol. The van der Waals surface area contributed by atoms with Gasteiger partial charge in [0.15, 0.2) is 0 Å². The van der Waals surface area contributed by atoms with E-state index in [2.05, 4.69) is 59.7 Å². The van der Waals surface area contributed by atoms with Crippen molar-refractivity contribution in [3.8, 4) is 0 Å². The summed E-state index contributed by atoms with van der Waals surface area (Å²) in [6.45, 7) is 13.5. The van der Waals surface area contributed by atoms with E-state index < -0.39 is 0 Å². The molecule has 1 aliphatic heterocycles. The van der Waals surface area contributed by atoms with Gasteiger partial charge >= 0.3 is 0 Å². The normalized spacial score (nSPS) is 22.0. The zero-order valence-electron chi connectivity index (χ0n) is 16.2. The highest BCUT2D eigenvalue weighted by atomic mass is 16.2. The molecule has 0 bridgehead atoms. The van der Waals surface area contributed by atoms with Gasteiger partial charge in [-0.3, -0.25) is 14.5 Å². The van der Waals surface area contributed by atoms with Crippen molar-refractivity contribution in [3.63, 3.8) is 0 Å². The van der Waals surface area contributed by atoms with Crippen LogP contribution in [0.4, 0.5) is 0 Å². The number of hydrogen-bond donors (Lipinski definition) is 0. The molecule has 1 aromatic carbocycles. The molecule has 3 heteroatoms. The van der Waals surface area contributed by atoms with Crippen LogP contribution >= 0.6 is 0 Å². The minimum atomic E-state index is -0.183. The maximum Gasteiger partial charge on any atom is 0.254 e. The van der Waals surface area contributed by atoms with E-state index in [0.717, 1.165) is 12.0 Å². The van der Waals surface area contributed by atoms with E-state index >= 15 is 0 Å².